The fraction of sp³-hybridized carbons (Fsp3) is 0.104. The highest BCUT2D eigenvalue weighted by Crippen LogP contribution is 2.51. The highest BCUT2D eigenvalue weighted by atomic mass is 16.4. The van der Waals surface area contributed by atoms with Crippen molar-refractivity contribution < 1.29 is 4.42 Å². The molecule has 242 valence electrons. The molecule has 0 fully saturated rings. The second kappa shape index (κ2) is 10.2. The Bertz CT molecular complexity index is 3000. The molecule has 2 heterocycles. The third-order valence-corrected chi connectivity index (χ3v) is 11.8. The Labute approximate surface area is 295 Å². The number of nitrogens with zero attached hydrogens (tertiary/aromatic N) is 1. The lowest BCUT2D eigenvalue weighted by molar-refractivity contribution is 0.569. The van der Waals surface area contributed by atoms with Gasteiger partial charge in [-0.3, -0.25) is 0 Å². The van der Waals surface area contributed by atoms with Gasteiger partial charge in [-0.25, -0.2) is 4.79 Å². The molecule has 11 rings (SSSR count). The van der Waals surface area contributed by atoms with Crippen LogP contribution in [0.3, 0.4) is 0 Å². The summed E-state index contributed by atoms with van der Waals surface area (Å²) in [5.41, 5.74) is 15.5. The SMILES string of the molecule is CC1(C)c2ccccc2-c2cc3c4cc(C5Cc6cc7c(=O)oc8ccccc8c7cc6-c6ccccc65)ccc4n(-c4ccccc4)c3cc21. The van der Waals surface area contributed by atoms with Crippen molar-refractivity contribution in [3.05, 3.63) is 184 Å². The van der Waals surface area contributed by atoms with Crippen LogP contribution >= 0.6 is 0 Å². The maximum Gasteiger partial charge on any atom is 0.344 e. The van der Waals surface area contributed by atoms with Crippen LogP contribution in [0, 0.1) is 0 Å². The van der Waals surface area contributed by atoms with Gasteiger partial charge in [-0.1, -0.05) is 105 Å². The minimum atomic E-state index is -0.283. The first kappa shape index (κ1) is 28.6. The summed E-state index contributed by atoms with van der Waals surface area (Å²) in [6.07, 6.45) is 0.800. The second-order valence-electron chi connectivity index (χ2n) is 14.8. The van der Waals surface area contributed by atoms with Gasteiger partial charge in [-0.2, -0.15) is 0 Å². The van der Waals surface area contributed by atoms with E-state index >= 15 is 0 Å². The Morgan fingerprint density at radius 1 is 0.569 bits per heavy atom. The van der Waals surface area contributed by atoms with E-state index in [1.165, 1.54) is 71.9 Å². The van der Waals surface area contributed by atoms with Gasteiger partial charge < -0.3 is 8.98 Å². The van der Waals surface area contributed by atoms with Crippen molar-refractivity contribution in [2.75, 3.05) is 0 Å². The van der Waals surface area contributed by atoms with Gasteiger partial charge in [0.15, 0.2) is 0 Å². The summed E-state index contributed by atoms with van der Waals surface area (Å²) in [7, 11) is 0. The van der Waals surface area contributed by atoms with Gasteiger partial charge in [0.25, 0.3) is 0 Å². The van der Waals surface area contributed by atoms with Crippen molar-refractivity contribution in [2.24, 2.45) is 0 Å². The molecule has 0 radical (unpaired) electrons. The fourth-order valence-corrected chi connectivity index (χ4v) is 9.37. The molecule has 3 heteroatoms. The van der Waals surface area contributed by atoms with Crippen LogP contribution in [0.4, 0.5) is 0 Å². The average molecular weight is 656 g/mol. The summed E-state index contributed by atoms with van der Waals surface area (Å²) in [5, 5.41) is 5.07. The van der Waals surface area contributed by atoms with Crippen LogP contribution in [0.15, 0.2) is 155 Å². The Morgan fingerprint density at radius 3 is 2.18 bits per heavy atom. The monoisotopic (exact) mass is 655 g/mol. The molecular weight excluding hydrogens is 623 g/mol. The van der Waals surface area contributed by atoms with Crippen molar-refractivity contribution in [2.45, 2.75) is 31.6 Å². The molecule has 1 atom stereocenters. The van der Waals surface area contributed by atoms with E-state index in [4.69, 9.17) is 4.42 Å². The van der Waals surface area contributed by atoms with Crippen LogP contribution in [-0.4, -0.2) is 4.57 Å². The van der Waals surface area contributed by atoms with Crippen LogP contribution in [-0.2, 0) is 11.8 Å². The molecule has 0 aliphatic heterocycles. The molecule has 0 saturated carbocycles. The Morgan fingerprint density at radius 2 is 1.29 bits per heavy atom. The van der Waals surface area contributed by atoms with E-state index in [1.807, 2.05) is 24.3 Å². The molecule has 0 bridgehead atoms. The maximum absolute atomic E-state index is 13.3. The molecule has 3 nitrogen and oxygen atoms in total. The summed E-state index contributed by atoms with van der Waals surface area (Å²) >= 11 is 0. The number of benzene rings is 7. The van der Waals surface area contributed by atoms with Gasteiger partial charge in [-0.15, -0.1) is 0 Å². The average Bonchev–Trinajstić information content (AvgIpc) is 3.61. The third-order valence-electron chi connectivity index (χ3n) is 11.8. The zero-order valence-corrected chi connectivity index (χ0v) is 28.4. The van der Waals surface area contributed by atoms with Crippen molar-refractivity contribution in [1.29, 1.82) is 0 Å². The number of para-hydroxylation sites is 2. The van der Waals surface area contributed by atoms with Crippen LogP contribution in [0.1, 0.15) is 47.6 Å². The number of hydrogen-bond acceptors (Lipinski definition) is 2. The standard InChI is InChI=1S/C48H33NO2/c1-48(2)42-18-10-8-16-33(42)38-26-40-39-22-28(20-21-44(39)49(45(40)27-43(38)48)30-12-4-3-5-13-30)35-23-29-24-41-37(25-36(29)32-15-7-6-14-31(32)35)34-17-9-11-19-46(34)51-47(41)50/h3-22,24-27,35H,23H2,1-2H3. The lowest BCUT2D eigenvalue weighted by Crippen LogP contribution is -2.14. The first-order valence-corrected chi connectivity index (χ1v) is 17.8. The van der Waals surface area contributed by atoms with E-state index in [2.05, 4.69) is 140 Å². The van der Waals surface area contributed by atoms with Crippen LogP contribution < -0.4 is 5.63 Å². The zero-order valence-electron chi connectivity index (χ0n) is 28.4. The molecule has 0 N–H and O–H groups in total. The number of fused-ring (bicyclic) bond motifs is 12. The Kier molecular flexibility index (Phi) is 5.71. The van der Waals surface area contributed by atoms with E-state index < -0.39 is 0 Å². The highest BCUT2D eigenvalue weighted by Gasteiger charge is 2.36. The van der Waals surface area contributed by atoms with Gasteiger partial charge in [0.1, 0.15) is 5.58 Å². The third kappa shape index (κ3) is 3.92. The predicted molar refractivity (Wildman–Crippen MR) is 209 cm³/mol. The lowest BCUT2D eigenvalue weighted by atomic mass is 9.75. The summed E-state index contributed by atoms with van der Waals surface area (Å²) in [6, 6.07) is 52.6. The Hall–Kier alpha value is -6.19. The van der Waals surface area contributed by atoms with Gasteiger partial charge in [0.2, 0.25) is 0 Å². The minimum absolute atomic E-state index is 0.0872. The van der Waals surface area contributed by atoms with Crippen molar-refractivity contribution in [3.63, 3.8) is 0 Å². The van der Waals surface area contributed by atoms with E-state index in [9.17, 15) is 4.79 Å². The van der Waals surface area contributed by atoms with E-state index in [0.717, 1.165) is 22.9 Å². The normalized spacial score (nSPS) is 15.6. The van der Waals surface area contributed by atoms with E-state index in [0.29, 0.717) is 11.0 Å². The van der Waals surface area contributed by atoms with E-state index in [1.54, 1.807) is 0 Å². The number of aromatic nitrogens is 1. The molecule has 1 unspecified atom stereocenters. The number of hydrogen-bond donors (Lipinski definition) is 0. The maximum atomic E-state index is 13.3. The predicted octanol–water partition coefficient (Wildman–Crippen LogP) is 11.7. The fourth-order valence-electron chi connectivity index (χ4n) is 9.37. The van der Waals surface area contributed by atoms with Gasteiger partial charge in [0, 0.05) is 38.6 Å². The van der Waals surface area contributed by atoms with Gasteiger partial charge in [-0.05, 0) is 111 Å². The summed E-state index contributed by atoms with van der Waals surface area (Å²) in [6.45, 7) is 4.70. The summed E-state index contributed by atoms with van der Waals surface area (Å²) < 4.78 is 8.22. The summed E-state index contributed by atoms with van der Waals surface area (Å²) in [4.78, 5) is 13.3. The molecule has 0 saturated heterocycles. The molecule has 2 aliphatic carbocycles. The number of rotatable bonds is 2. The van der Waals surface area contributed by atoms with Gasteiger partial charge in [0.05, 0.1) is 16.4 Å². The first-order valence-electron chi connectivity index (χ1n) is 17.8. The Balaban J connectivity index is 1.15. The molecule has 2 aliphatic rings. The largest absolute Gasteiger partial charge is 0.422 e. The first-order chi connectivity index (χ1) is 25.0. The minimum Gasteiger partial charge on any atom is -0.422 e. The molecule has 0 amide bonds. The second-order valence-corrected chi connectivity index (χ2v) is 14.8. The van der Waals surface area contributed by atoms with Crippen LogP contribution in [0.25, 0.3) is 71.5 Å². The van der Waals surface area contributed by atoms with Crippen LogP contribution in [0.5, 0.6) is 0 Å². The van der Waals surface area contributed by atoms with Crippen molar-refractivity contribution >= 4 is 43.5 Å². The smallest absolute Gasteiger partial charge is 0.344 e. The molecule has 51 heavy (non-hydrogen) atoms. The van der Waals surface area contributed by atoms with Crippen molar-refractivity contribution in [3.8, 4) is 27.9 Å². The topological polar surface area (TPSA) is 35.1 Å². The highest BCUT2D eigenvalue weighted by molar-refractivity contribution is 6.12. The molecular formula is C48H33NO2. The molecule has 9 aromatic rings. The van der Waals surface area contributed by atoms with Gasteiger partial charge >= 0.3 is 5.63 Å². The summed E-state index contributed by atoms with van der Waals surface area (Å²) in [5.74, 6) is 0.132. The molecule has 7 aromatic carbocycles. The molecule has 0 spiro atoms. The lowest BCUT2D eigenvalue weighted by Gasteiger charge is -2.29. The zero-order chi connectivity index (χ0) is 34.0. The van der Waals surface area contributed by atoms with Crippen molar-refractivity contribution in [1.82, 2.24) is 4.57 Å². The van der Waals surface area contributed by atoms with Crippen LogP contribution in [0.2, 0.25) is 0 Å². The van der Waals surface area contributed by atoms with E-state index in [-0.39, 0.29) is 17.0 Å². The molecule has 2 aromatic heterocycles. The quantitative estimate of drug-likeness (QED) is 0.137.